The van der Waals surface area contributed by atoms with Gasteiger partial charge < -0.3 is 30.1 Å². The maximum Gasteiger partial charge on any atom is 0.349 e. The van der Waals surface area contributed by atoms with Crippen molar-refractivity contribution in [2.75, 3.05) is 6.54 Å². The number of aliphatic hydroxyl groups is 5. The normalized spacial score (nSPS) is 13.3. The van der Waals surface area contributed by atoms with Crippen molar-refractivity contribution in [2.24, 2.45) is 7.05 Å². The largest absolute Gasteiger partial charge is 0.362 e. The van der Waals surface area contributed by atoms with Gasteiger partial charge in [0.15, 0.2) is 13.7 Å². The molecule has 0 fully saturated rings. The van der Waals surface area contributed by atoms with Gasteiger partial charge in [-0.05, 0) is 18.1 Å². The Morgan fingerprint density at radius 2 is 1.76 bits per heavy atom. The lowest BCUT2D eigenvalue weighted by molar-refractivity contribution is -0.442. The van der Waals surface area contributed by atoms with E-state index < -0.39 is 11.9 Å². The summed E-state index contributed by atoms with van der Waals surface area (Å²) in [6.07, 6.45) is -1.39. The van der Waals surface area contributed by atoms with E-state index in [-0.39, 0.29) is 17.9 Å². The molecule has 0 aliphatic carbocycles. The highest BCUT2D eigenvalue weighted by atomic mass is 16.7. The van der Waals surface area contributed by atoms with Crippen LogP contribution in [0.5, 0.6) is 0 Å². The number of benzene rings is 1. The van der Waals surface area contributed by atoms with Crippen molar-refractivity contribution in [3.63, 3.8) is 0 Å². The Labute approximate surface area is 122 Å². The molecule has 5 N–H and O–H groups in total. The Hall–Kier alpha value is -1.42. The van der Waals surface area contributed by atoms with Gasteiger partial charge in [0.25, 0.3) is 0 Å². The van der Waals surface area contributed by atoms with Gasteiger partial charge in [0.1, 0.15) is 0 Å². The molecular weight excluding hydrogens is 275 g/mol. The molecular formula is C13H17BN2O5. The molecule has 2 aromatic rings. The lowest BCUT2D eigenvalue weighted by Gasteiger charge is -2.38. The number of aromatic nitrogens is 1. The lowest BCUT2D eigenvalue weighted by atomic mass is 10.0. The van der Waals surface area contributed by atoms with Gasteiger partial charge >= 0.3 is 6.10 Å². The zero-order valence-corrected chi connectivity index (χ0v) is 11.5. The summed E-state index contributed by atoms with van der Waals surface area (Å²) in [5, 5.41) is 46.9. The fourth-order valence-electron chi connectivity index (χ4n) is 2.39. The summed E-state index contributed by atoms with van der Waals surface area (Å²) in [6, 6.07) is 7.58. The monoisotopic (exact) mass is 292 g/mol. The zero-order chi connectivity index (χ0) is 15.8. The minimum Gasteiger partial charge on any atom is -0.362 e. The molecule has 8 heteroatoms. The SMILES string of the molecule is [B]C(O)(O)N(CCc1cn(C)c2ccccc12)C(O)(O)O. The predicted molar refractivity (Wildman–Crippen MR) is 75.6 cm³/mol. The van der Waals surface area contributed by atoms with Crippen LogP contribution in [0.4, 0.5) is 0 Å². The first kappa shape index (κ1) is 16.0. The topological polar surface area (TPSA) is 109 Å². The van der Waals surface area contributed by atoms with Gasteiger partial charge in [0, 0.05) is 30.7 Å². The van der Waals surface area contributed by atoms with Gasteiger partial charge in [-0.3, -0.25) is 0 Å². The molecule has 2 radical (unpaired) electrons. The molecule has 1 heterocycles. The Balaban J connectivity index is 2.24. The van der Waals surface area contributed by atoms with Gasteiger partial charge in [-0.2, -0.15) is 4.90 Å². The van der Waals surface area contributed by atoms with Crippen LogP contribution >= 0.6 is 0 Å². The van der Waals surface area contributed by atoms with Crippen molar-refractivity contribution in [2.45, 2.75) is 18.3 Å². The van der Waals surface area contributed by atoms with Gasteiger partial charge in [0.05, 0.1) is 0 Å². The van der Waals surface area contributed by atoms with Crippen LogP contribution in [0.15, 0.2) is 30.5 Å². The molecule has 0 bridgehead atoms. The number of aryl methyl sites for hydroxylation is 1. The van der Waals surface area contributed by atoms with Crippen LogP contribution in [0.1, 0.15) is 5.56 Å². The van der Waals surface area contributed by atoms with Crippen molar-refractivity contribution >= 4 is 18.7 Å². The molecule has 0 unspecified atom stereocenters. The molecule has 0 aliphatic rings. The second-order valence-electron chi connectivity index (χ2n) is 4.97. The van der Waals surface area contributed by atoms with Crippen molar-refractivity contribution < 1.29 is 25.5 Å². The van der Waals surface area contributed by atoms with Gasteiger partial charge in [-0.25, -0.2) is 0 Å². The summed E-state index contributed by atoms with van der Waals surface area (Å²) < 4.78 is 1.90. The van der Waals surface area contributed by atoms with Gasteiger partial charge in [-0.1, -0.05) is 18.2 Å². The average Bonchev–Trinajstić information content (AvgIpc) is 2.64. The summed E-state index contributed by atoms with van der Waals surface area (Å²) >= 11 is 0. The highest BCUT2D eigenvalue weighted by Gasteiger charge is 2.40. The number of fused-ring (bicyclic) bond motifs is 1. The van der Waals surface area contributed by atoms with E-state index in [2.05, 4.69) is 0 Å². The third kappa shape index (κ3) is 3.43. The molecule has 0 aliphatic heterocycles. The third-order valence-corrected chi connectivity index (χ3v) is 3.34. The molecule has 7 nitrogen and oxygen atoms in total. The molecule has 112 valence electrons. The van der Waals surface area contributed by atoms with Crippen molar-refractivity contribution in [1.82, 2.24) is 9.47 Å². The Morgan fingerprint density at radius 1 is 1.14 bits per heavy atom. The van der Waals surface area contributed by atoms with E-state index >= 15 is 0 Å². The Morgan fingerprint density at radius 3 is 2.33 bits per heavy atom. The number of hydrogen-bond acceptors (Lipinski definition) is 6. The van der Waals surface area contributed by atoms with Gasteiger partial charge in [-0.15, -0.1) is 0 Å². The van der Waals surface area contributed by atoms with E-state index in [1.165, 1.54) is 0 Å². The third-order valence-electron chi connectivity index (χ3n) is 3.34. The van der Waals surface area contributed by atoms with E-state index in [0.29, 0.717) is 0 Å². The van der Waals surface area contributed by atoms with E-state index in [0.717, 1.165) is 16.5 Å². The first-order valence-corrected chi connectivity index (χ1v) is 6.32. The lowest BCUT2D eigenvalue weighted by Crippen LogP contribution is -2.62. The van der Waals surface area contributed by atoms with Crippen LogP contribution in [-0.4, -0.2) is 61.3 Å². The van der Waals surface area contributed by atoms with E-state index in [4.69, 9.17) is 23.2 Å². The molecule has 21 heavy (non-hydrogen) atoms. The van der Waals surface area contributed by atoms with Gasteiger partial charge in [0.2, 0.25) is 0 Å². The minimum absolute atomic E-state index is 0.155. The fraction of sp³-hybridized carbons (Fsp3) is 0.385. The zero-order valence-electron chi connectivity index (χ0n) is 11.5. The average molecular weight is 292 g/mol. The molecule has 0 atom stereocenters. The van der Waals surface area contributed by atoms with E-state index in [9.17, 15) is 10.2 Å². The van der Waals surface area contributed by atoms with Crippen LogP contribution < -0.4 is 0 Å². The van der Waals surface area contributed by atoms with Crippen LogP contribution in [0, 0.1) is 0 Å². The Bertz CT molecular complexity index is 616. The Kier molecular flexibility index (Phi) is 4.11. The van der Waals surface area contributed by atoms with Crippen LogP contribution in [0.2, 0.25) is 0 Å². The number of para-hydroxylation sites is 1. The summed E-state index contributed by atoms with van der Waals surface area (Å²) in [6.45, 7) is -0.291. The molecule has 0 saturated heterocycles. The maximum absolute atomic E-state index is 9.28. The van der Waals surface area contributed by atoms with Crippen molar-refractivity contribution in [1.29, 1.82) is 0 Å². The maximum atomic E-state index is 9.28. The first-order chi connectivity index (χ1) is 9.60. The molecule has 2 rings (SSSR count). The minimum atomic E-state index is -3.44. The second kappa shape index (κ2) is 5.41. The summed E-state index contributed by atoms with van der Waals surface area (Å²) in [5.41, 5.74) is 1.82. The second-order valence-corrected chi connectivity index (χ2v) is 4.97. The van der Waals surface area contributed by atoms with E-state index in [1.54, 1.807) is 0 Å². The van der Waals surface area contributed by atoms with Crippen LogP contribution in [0.25, 0.3) is 10.9 Å². The van der Waals surface area contributed by atoms with Crippen LogP contribution in [0.3, 0.4) is 0 Å². The number of nitrogens with zero attached hydrogens (tertiary/aromatic N) is 2. The van der Waals surface area contributed by atoms with Crippen LogP contribution in [-0.2, 0) is 13.5 Å². The molecule has 1 aromatic carbocycles. The van der Waals surface area contributed by atoms with E-state index in [1.807, 2.05) is 42.1 Å². The number of rotatable bonds is 5. The smallest absolute Gasteiger partial charge is 0.349 e. The molecule has 0 spiro atoms. The van der Waals surface area contributed by atoms with Crippen molar-refractivity contribution in [3.8, 4) is 0 Å². The summed E-state index contributed by atoms with van der Waals surface area (Å²) in [5.74, 6) is -3.07. The predicted octanol–water partition coefficient (Wildman–Crippen LogP) is -1.62. The summed E-state index contributed by atoms with van der Waals surface area (Å²) in [7, 11) is 6.86. The number of hydrogen-bond donors (Lipinski definition) is 5. The molecule has 1 aromatic heterocycles. The highest BCUT2D eigenvalue weighted by molar-refractivity contribution is 6.12. The first-order valence-electron chi connectivity index (χ1n) is 6.32. The standard InChI is InChI=1S/C13H17BN2O5/c1-15-8-9(10-4-2-3-5-11(10)15)6-7-16(12(14,17)18)13(19,20)21/h2-5,8,17-21H,6-7H2,1H3. The molecule has 0 saturated carbocycles. The van der Waals surface area contributed by atoms with Crippen molar-refractivity contribution in [3.05, 3.63) is 36.0 Å². The summed E-state index contributed by atoms with van der Waals surface area (Å²) in [4.78, 5) is 0.155. The quantitative estimate of drug-likeness (QED) is 0.334. The highest BCUT2D eigenvalue weighted by Crippen LogP contribution is 2.22. The molecule has 0 amide bonds. The fourth-order valence-corrected chi connectivity index (χ4v) is 2.39.